The molecule has 0 aliphatic heterocycles. The molecule has 2 aliphatic carbocycles. The first-order valence-corrected chi connectivity index (χ1v) is 8.01. The third-order valence-electron chi connectivity index (χ3n) is 4.78. The summed E-state index contributed by atoms with van der Waals surface area (Å²) in [7, 11) is 0. The first-order valence-electron chi connectivity index (χ1n) is 7.26. The Labute approximate surface area is 125 Å². The summed E-state index contributed by atoms with van der Waals surface area (Å²) in [5.41, 5.74) is 2.20. The van der Waals surface area contributed by atoms with E-state index in [1.54, 1.807) is 0 Å². The van der Waals surface area contributed by atoms with Crippen molar-refractivity contribution in [2.45, 2.75) is 44.4 Å². The van der Waals surface area contributed by atoms with Crippen molar-refractivity contribution in [2.75, 3.05) is 13.1 Å². The summed E-state index contributed by atoms with van der Waals surface area (Å²) < 4.78 is 0. The van der Waals surface area contributed by atoms with E-state index < -0.39 is 0 Å². The van der Waals surface area contributed by atoms with Gasteiger partial charge in [0.2, 0.25) is 0 Å². The van der Waals surface area contributed by atoms with Crippen molar-refractivity contribution < 1.29 is 0 Å². The Kier molecular flexibility index (Phi) is 3.57. The van der Waals surface area contributed by atoms with Crippen LogP contribution in [0.1, 0.15) is 44.6 Å². The van der Waals surface area contributed by atoms with E-state index in [0.29, 0.717) is 5.41 Å². The van der Waals surface area contributed by atoms with Crippen LogP contribution < -0.4 is 5.32 Å². The molecule has 1 spiro atoms. The van der Waals surface area contributed by atoms with Gasteiger partial charge in [-0.3, -0.25) is 0 Å². The fourth-order valence-corrected chi connectivity index (χ4v) is 4.36. The SMILES string of the molecule is CCCNCC1(c2ccc(Cl)cc2Cl)CC2(CC2)C1. The van der Waals surface area contributed by atoms with E-state index >= 15 is 0 Å². The molecule has 19 heavy (non-hydrogen) atoms. The molecule has 0 bridgehead atoms. The molecule has 0 unspecified atom stereocenters. The largest absolute Gasteiger partial charge is 0.316 e. The van der Waals surface area contributed by atoms with Crippen LogP contribution in [0, 0.1) is 5.41 Å². The molecule has 3 rings (SSSR count). The summed E-state index contributed by atoms with van der Waals surface area (Å²) in [4.78, 5) is 0. The Balaban J connectivity index is 1.82. The van der Waals surface area contributed by atoms with E-state index in [1.165, 1.54) is 37.7 Å². The third-order valence-corrected chi connectivity index (χ3v) is 5.32. The summed E-state index contributed by atoms with van der Waals surface area (Å²) in [6.45, 7) is 4.34. The fourth-order valence-electron chi connectivity index (χ4n) is 3.75. The average Bonchev–Trinajstić information content (AvgIpc) is 3.08. The molecule has 0 aromatic heterocycles. The molecule has 0 atom stereocenters. The summed E-state index contributed by atoms with van der Waals surface area (Å²) in [6.07, 6.45) is 6.58. The van der Waals surface area contributed by atoms with Gasteiger partial charge in [-0.2, -0.15) is 0 Å². The Morgan fingerprint density at radius 3 is 2.53 bits per heavy atom. The Morgan fingerprint density at radius 1 is 1.21 bits per heavy atom. The van der Waals surface area contributed by atoms with Gasteiger partial charge in [0.05, 0.1) is 0 Å². The highest BCUT2D eigenvalue weighted by Gasteiger charge is 2.61. The number of nitrogens with one attached hydrogen (secondary N) is 1. The van der Waals surface area contributed by atoms with Crippen molar-refractivity contribution >= 4 is 23.2 Å². The van der Waals surface area contributed by atoms with Crippen LogP contribution in [0.25, 0.3) is 0 Å². The van der Waals surface area contributed by atoms with Gasteiger partial charge in [0, 0.05) is 22.0 Å². The summed E-state index contributed by atoms with van der Waals surface area (Å²) in [5, 5.41) is 5.15. The lowest BCUT2D eigenvalue weighted by molar-refractivity contribution is 0.116. The highest BCUT2D eigenvalue weighted by molar-refractivity contribution is 6.35. The molecule has 104 valence electrons. The van der Waals surface area contributed by atoms with Crippen molar-refractivity contribution in [1.29, 1.82) is 0 Å². The number of hydrogen-bond donors (Lipinski definition) is 1. The first kappa shape index (κ1) is 13.7. The average molecular weight is 298 g/mol. The van der Waals surface area contributed by atoms with Gasteiger partial charge in [-0.1, -0.05) is 36.2 Å². The van der Waals surface area contributed by atoms with E-state index in [1.807, 2.05) is 12.1 Å². The maximum Gasteiger partial charge on any atom is 0.0458 e. The van der Waals surface area contributed by atoms with Gasteiger partial charge in [0.1, 0.15) is 0 Å². The highest BCUT2D eigenvalue weighted by atomic mass is 35.5. The Bertz CT molecular complexity index is 472. The van der Waals surface area contributed by atoms with Crippen LogP contribution in [-0.2, 0) is 5.41 Å². The molecule has 1 aromatic rings. The second kappa shape index (κ2) is 4.95. The van der Waals surface area contributed by atoms with Crippen molar-refractivity contribution in [2.24, 2.45) is 5.41 Å². The first-order chi connectivity index (χ1) is 9.09. The van der Waals surface area contributed by atoms with Gasteiger partial charge in [-0.15, -0.1) is 0 Å². The molecule has 0 saturated heterocycles. The van der Waals surface area contributed by atoms with Gasteiger partial charge in [0.15, 0.2) is 0 Å². The number of rotatable bonds is 5. The van der Waals surface area contributed by atoms with Crippen LogP contribution in [-0.4, -0.2) is 13.1 Å². The second-order valence-corrected chi connectivity index (χ2v) is 7.28. The molecule has 3 heteroatoms. The topological polar surface area (TPSA) is 12.0 Å². The standard InChI is InChI=1S/C16H21Cl2N/c1-2-7-19-11-16(9-15(10-16)5-6-15)13-4-3-12(17)8-14(13)18/h3-4,8,19H,2,5-7,9-11H2,1H3. The van der Waals surface area contributed by atoms with E-state index in [2.05, 4.69) is 18.3 Å². The van der Waals surface area contributed by atoms with Gasteiger partial charge < -0.3 is 5.32 Å². The van der Waals surface area contributed by atoms with Crippen molar-refractivity contribution in [3.63, 3.8) is 0 Å². The minimum Gasteiger partial charge on any atom is -0.316 e. The highest BCUT2D eigenvalue weighted by Crippen LogP contribution is 2.69. The van der Waals surface area contributed by atoms with Crippen molar-refractivity contribution in [3.8, 4) is 0 Å². The van der Waals surface area contributed by atoms with Gasteiger partial charge in [-0.25, -0.2) is 0 Å². The van der Waals surface area contributed by atoms with E-state index in [4.69, 9.17) is 23.2 Å². The number of halogens is 2. The van der Waals surface area contributed by atoms with Gasteiger partial charge in [-0.05, 0) is 61.8 Å². The summed E-state index contributed by atoms with van der Waals surface area (Å²) >= 11 is 12.5. The van der Waals surface area contributed by atoms with E-state index in [0.717, 1.165) is 23.1 Å². The Hall–Kier alpha value is -0.240. The molecular formula is C16H21Cl2N. The predicted octanol–water partition coefficient (Wildman–Crippen LogP) is 4.80. The van der Waals surface area contributed by atoms with E-state index in [9.17, 15) is 0 Å². The quantitative estimate of drug-likeness (QED) is 0.770. The number of hydrogen-bond acceptors (Lipinski definition) is 1. The van der Waals surface area contributed by atoms with Crippen LogP contribution in [0.3, 0.4) is 0 Å². The zero-order valence-electron chi connectivity index (χ0n) is 11.4. The van der Waals surface area contributed by atoms with E-state index in [-0.39, 0.29) is 5.41 Å². The number of benzene rings is 1. The lowest BCUT2D eigenvalue weighted by atomic mass is 9.56. The summed E-state index contributed by atoms with van der Waals surface area (Å²) in [5.74, 6) is 0. The molecule has 0 amide bonds. The van der Waals surface area contributed by atoms with Gasteiger partial charge >= 0.3 is 0 Å². The maximum atomic E-state index is 6.44. The molecule has 2 fully saturated rings. The predicted molar refractivity (Wildman–Crippen MR) is 82.2 cm³/mol. The zero-order valence-corrected chi connectivity index (χ0v) is 12.9. The molecule has 0 radical (unpaired) electrons. The lowest BCUT2D eigenvalue weighted by Crippen LogP contribution is -2.50. The minimum absolute atomic E-state index is 0.243. The zero-order chi connectivity index (χ0) is 13.5. The molecule has 1 nitrogen and oxygen atoms in total. The van der Waals surface area contributed by atoms with Crippen molar-refractivity contribution in [3.05, 3.63) is 33.8 Å². The summed E-state index contributed by atoms with van der Waals surface area (Å²) in [6, 6.07) is 5.99. The molecule has 1 aromatic carbocycles. The molecule has 2 saturated carbocycles. The van der Waals surface area contributed by atoms with Crippen molar-refractivity contribution in [1.82, 2.24) is 5.32 Å². The second-order valence-electron chi connectivity index (χ2n) is 6.43. The molecular weight excluding hydrogens is 277 g/mol. The molecule has 0 heterocycles. The normalized spacial score (nSPS) is 22.3. The van der Waals surface area contributed by atoms with Crippen LogP contribution >= 0.6 is 23.2 Å². The molecule has 2 aliphatic rings. The van der Waals surface area contributed by atoms with Gasteiger partial charge in [0.25, 0.3) is 0 Å². The van der Waals surface area contributed by atoms with Crippen LogP contribution in [0.5, 0.6) is 0 Å². The van der Waals surface area contributed by atoms with Crippen LogP contribution in [0.2, 0.25) is 10.0 Å². The van der Waals surface area contributed by atoms with Crippen LogP contribution in [0.15, 0.2) is 18.2 Å². The monoisotopic (exact) mass is 297 g/mol. The smallest absolute Gasteiger partial charge is 0.0458 e. The lowest BCUT2D eigenvalue weighted by Gasteiger charge is -2.50. The Morgan fingerprint density at radius 2 is 1.95 bits per heavy atom. The third kappa shape index (κ3) is 2.53. The fraction of sp³-hybridized carbons (Fsp3) is 0.625. The minimum atomic E-state index is 0.243. The maximum absolute atomic E-state index is 6.44. The molecule has 1 N–H and O–H groups in total. The van der Waals surface area contributed by atoms with Crippen LogP contribution in [0.4, 0.5) is 0 Å².